The number of hydrogen-bond donors (Lipinski definition) is 2. The van der Waals surface area contributed by atoms with Gasteiger partial charge in [0.05, 0.1) is 11.5 Å². The Morgan fingerprint density at radius 2 is 2.00 bits per heavy atom. The molecule has 1 amide bonds. The Hall–Kier alpha value is -1.95. The van der Waals surface area contributed by atoms with Gasteiger partial charge in [-0.15, -0.1) is 0 Å². The summed E-state index contributed by atoms with van der Waals surface area (Å²) in [6.45, 7) is 7.83. The Bertz CT molecular complexity index is 492. The van der Waals surface area contributed by atoms with E-state index < -0.39 is 4.92 Å². The molecule has 0 spiro atoms. The summed E-state index contributed by atoms with van der Waals surface area (Å²) in [5.74, 6) is -0.174. The number of non-ortho nitro benzene ring substituents is 1. The number of rotatable bonds is 4. The minimum atomic E-state index is -0.459. The van der Waals surface area contributed by atoms with E-state index in [2.05, 4.69) is 10.6 Å². The van der Waals surface area contributed by atoms with Crippen LogP contribution < -0.4 is 10.6 Å². The van der Waals surface area contributed by atoms with Crippen LogP contribution in [0.15, 0.2) is 18.2 Å². The van der Waals surface area contributed by atoms with Crippen LogP contribution in [0.3, 0.4) is 0 Å². The van der Waals surface area contributed by atoms with E-state index in [4.69, 9.17) is 0 Å². The van der Waals surface area contributed by atoms with Crippen molar-refractivity contribution < 1.29 is 9.72 Å². The molecular formula is C13H19N3O3. The van der Waals surface area contributed by atoms with Gasteiger partial charge in [-0.05, 0) is 39.3 Å². The molecule has 19 heavy (non-hydrogen) atoms. The molecule has 104 valence electrons. The van der Waals surface area contributed by atoms with Gasteiger partial charge in [-0.1, -0.05) is 0 Å². The minimum absolute atomic E-state index is 0.0170. The zero-order valence-electron chi connectivity index (χ0n) is 11.6. The average Bonchev–Trinajstić information content (AvgIpc) is 2.28. The molecule has 6 heteroatoms. The smallest absolute Gasteiger partial charge is 0.269 e. The minimum Gasteiger partial charge on any atom is -0.325 e. The lowest BCUT2D eigenvalue weighted by Gasteiger charge is -2.20. The fraction of sp³-hybridized carbons (Fsp3) is 0.462. The number of hydrogen-bond acceptors (Lipinski definition) is 4. The van der Waals surface area contributed by atoms with E-state index in [9.17, 15) is 14.9 Å². The number of carbonyl (C=O) groups excluding carboxylic acids is 1. The van der Waals surface area contributed by atoms with Gasteiger partial charge >= 0.3 is 0 Å². The largest absolute Gasteiger partial charge is 0.325 e. The number of nitrogens with zero attached hydrogens (tertiary/aromatic N) is 1. The molecule has 0 aliphatic carbocycles. The highest BCUT2D eigenvalue weighted by Crippen LogP contribution is 2.20. The summed E-state index contributed by atoms with van der Waals surface area (Å²) in [6.07, 6.45) is 0. The summed E-state index contributed by atoms with van der Waals surface area (Å²) in [5.41, 5.74) is 1.13. The number of carbonyl (C=O) groups is 1. The highest BCUT2D eigenvalue weighted by atomic mass is 16.6. The molecule has 1 aromatic rings. The number of nitro groups is 1. The van der Waals surface area contributed by atoms with Crippen LogP contribution >= 0.6 is 0 Å². The molecule has 1 aromatic carbocycles. The summed E-state index contributed by atoms with van der Waals surface area (Å²) in [6, 6.07) is 4.36. The van der Waals surface area contributed by atoms with Gasteiger partial charge in [0.15, 0.2) is 0 Å². The highest BCUT2D eigenvalue weighted by Gasteiger charge is 2.13. The summed E-state index contributed by atoms with van der Waals surface area (Å²) in [7, 11) is 0. The second kappa shape index (κ2) is 5.79. The van der Waals surface area contributed by atoms with Crippen molar-refractivity contribution >= 4 is 17.3 Å². The first-order chi connectivity index (χ1) is 8.69. The second-order valence-electron chi connectivity index (χ2n) is 5.41. The fourth-order valence-corrected chi connectivity index (χ4v) is 1.44. The molecule has 0 saturated heterocycles. The number of aryl methyl sites for hydroxylation is 1. The third-order valence-electron chi connectivity index (χ3n) is 2.47. The number of nitrogens with one attached hydrogen (secondary N) is 2. The third-order valence-corrected chi connectivity index (χ3v) is 2.47. The van der Waals surface area contributed by atoms with E-state index in [0.717, 1.165) is 0 Å². The highest BCUT2D eigenvalue weighted by molar-refractivity contribution is 5.93. The van der Waals surface area contributed by atoms with Crippen LogP contribution in [0.25, 0.3) is 0 Å². The molecule has 1 rings (SSSR count). The molecular weight excluding hydrogens is 246 g/mol. The number of benzene rings is 1. The van der Waals surface area contributed by atoms with Crippen LogP contribution in [0.5, 0.6) is 0 Å². The van der Waals surface area contributed by atoms with Gasteiger partial charge in [-0.25, -0.2) is 0 Å². The van der Waals surface area contributed by atoms with E-state index in [1.165, 1.54) is 12.1 Å². The van der Waals surface area contributed by atoms with Crippen molar-refractivity contribution in [3.8, 4) is 0 Å². The van der Waals surface area contributed by atoms with Crippen molar-refractivity contribution in [2.75, 3.05) is 11.9 Å². The SMILES string of the molecule is Cc1cc([N+](=O)[O-])ccc1NC(=O)CNC(C)(C)C. The molecule has 2 N–H and O–H groups in total. The predicted molar refractivity (Wildman–Crippen MR) is 74.2 cm³/mol. The van der Waals surface area contributed by atoms with Crippen LogP contribution in [0.1, 0.15) is 26.3 Å². The lowest BCUT2D eigenvalue weighted by Crippen LogP contribution is -2.41. The lowest BCUT2D eigenvalue weighted by molar-refractivity contribution is -0.384. The molecule has 0 aromatic heterocycles. The molecule has 0 aliphatic rings. The summed E-state index contributed by atoms with van der Waals surface area (Å²) < 4.78 is 0. The summed E-state index contributed by atoms with van der Waals surface area (Å²) in [4.78, 5) is 21.9. The molecule has 0 fully saturated rings. The maximum absolute atomic E-state index is 11.7. The Morgan fingerprint density at radius 1 is 1.37 bits per heavy atom. The quantitative estimate of drug-likeness (QED) is 0.646. The van der Waals surface area contributed by atoms with Crippen molar-refractivity contribution in [2.24, 2.45) is 0 Å². The monoisotopic (exact) mass is 265 g/mol. The molecule has 0 aliphatic heterocycles. The Morgan fingerprint density at radius 3 is 2.47 bits per heavy atom. The van der Waals surface area contributed by atoms with Gasteiger partial charge < -0.3 is 10.6 Å². The van der Waals surface area contributed by atoms with Gasteiger partial charge in [0.1, 0.15) is 0 Å². The Kier molecular flexibility index (Phi) is 4.61. The molecule has 0 bridgehead atoms. The first-order valence-corrected chi connectivity index (χ1v) is 5.99. The molecule has 0 unspecified atom stereocenters. The van der Waals surface area contributed by atoms with Gasteiger partial charge in [0.25, 0.3) is 5.69 Å². The molecule has 0 heterocycles. The van der Waals surface area contributed by atoms with Crippen LogP contribution in [0.2, 0.25) is 0 Å². The zero-order chi connectivity index (χ0) is 14.6. The molecule has 0 radical (unpaired) electrons. The average molecular weight is 265 g/mol. The van der Waals surface area contributed by atoms with E-state index >= 15 is 0 Å². The van der Waals surface area contributed by atoms with Gasteiger partial charge in [-0.3, -0.25) is 14.9 Å². The normalized spacial score (nSPS) is 11.2. The van der Waals surface area contributed by atoms with Crippen LogP contribution in [-0.4, -0.2) is 22.9 Å². The Labute approximate surface area is 112 Å². The van der Waals surface area contributed by atoms with Gasteiger partial charge in [0, 0.05) is 23.4 Å². The number of amides is 1. The van der Waals surface area contributed by atoms with Crippen molar-refractivity contribution in [3.05, 3.63) is 33.9 Å². The van der Waals surface area contributed by atoms with E-state index in [1.807, 2.05) is 20.8 Å². The van der Waals surface area contributed by atoms with Crippen molar-refractivity contribution in [1.82, 2.24) is 5.32 Å². The lowest BCUT2D eigenvalue weighted by atomic mass is 10.1. The van der Waals surface area contributed by atoms with Crippen LogP contribution in [0, 0.1) is 17.0 Å². The van der Waals surface area contributed by atoms with Crippen LogP contribution in [-0.2, 0) is 4.79 Å². The van der Waals surface area contributed by atoms with Crippen molar-refractivity contribution in [3.63, 3.8) is 0 Å². The predicted octanol–water partition coefficient (Wildman–Crippen LogP) is 2.23. The Balaban J connectivity index is 2.67. The first kappa shape index (κ1) is 15.1. The maximum atomic E-state index is 11.7. The van der Waals surface area contributed by atoms with E-state index in [0.29, 0.717) is 11.3 Å². The fourth-order valence-electron chi connectivity index (χ4n) is 1.44. The third kappa shape index (κ3) is 5.05. The summed E-state index contributed by atoms with van der Waals surface area (Å²) in [5, 5.41) is 16.4. The zero-order valence-corrected chi connectivity index (χ0v) is 11.6. The van der Waals surface area contributed by atoms with Crippen molar-refractivity contribution in [1.29, 1.82) is 0 Å². The summed E-state index contributed by atoms with van der Waals surface area (Å²) >= 11 is 0. The number of nitro benzene ring substituents is 1. The maximum Gasteiger partial charge on any atom is 0.269 e. The van der Waals surface area contributed by atoms with E-state index in [1.54, 1.807) is 13.0 Å². The van der Waals surface area contributed by atoms with Crippen LogP contribution in [0.4, 0.5) is 11.4 Å². The molecule has 0 saturated carbocycles. The second-order valence-corrected chi connectivity index (χ2v) is 5.41. The van der Waals surface area contributed by atoms with E-state index in [-0.39, 0.29) is 23.7 Å². The molecule has 6 nitrogen and oxygen atoms in total. The standard InChI is InChI=1S/C13H19N3O3/c1-9-7-10(16(18)19)5-6-11(9)15-12(17)8-14-13(2,3)4/h5-7,14H,8H2,1-4H3,(H,15,17). The number of anilines is 1. The van der Waals surface area contributed by atoms with Crippen molar-refractivity contribution in [2.45, 2.75) is 33.2 Å². The first-order valence-electron chi connectivity index (χ1n) is 5.99. The van der Waals surface area contributed by atoms with Gasteiger partial charge in [-0.2, -0.15) is 0 Å². The van der Waals surface area contributed by atoms with Gasteiger partial charge in [0.2, 0.25) is 5.91 Å². The molecule has 0 atom stereocenters. The topological polar surface area (TPSA) is 84.3 Å².